The van der Waals surface area contributed by atoms with E-state index < -0.39 is 7.52 Å². The first-order valence-corrected chi connectivity index (χ1v) is 10.5. The van der Waals surface area contributed by atoms with Gasteiger partial charge in [0, 0.05) is 12.4 Å². The number of unbranched alkanes of at least 4 members (excludes halogenated alkanes) is 1. The molecule has 130 valence electrons. The fourth-order valence-corrected chi connectivity index (χ4v) is 3.39. The highest BCUT2D eigenvalue weighted by Crippen LogP contribution is 2.43. The van der Waals surface area contributed by atoms with E-state index in [1.165, 1.54) is 5.56 Å². The fourth-order valence-electron chi connectivity index (χ4n) is 2.20. The molecular formula is C19H26NO3P. The van der Waals surface area contributed by atoms with Gasteiger partial charge >= 0.3 is 7.52 Å². The summed E-state index contributed by atoms with van der Waals surface area (Å²) in [4.78, 5) is 0. The Morgan fingerprint density at radius 2 is 1.58 bits per heavy atom. The lowest BCUT2D eigenvalue weighted by molar-refractivity contribution is 0.309. The molecule has 4 nitrogen and oxygen atoms in total. The van der Waals surface area contributed by atoms with Crippen LogP contribution in [0, 0.1) is 0 Å². The van der Waals surface area contributed by atoms with Crippen LogP contribution >= 0.6 is 7.52 Å². The molecule has 2 rings (SSSR count). The minimum atomic E-state index is -2.99. The average molecular weight is 347 g/mol. The zero-order chi connectivity index (χ0) is 17.4. The number of nitrogens with one attached hydrogen (secondary N) is 1. The van der Waals surface area contributed by atoms with Crippen molar-refractivity contribution < 1.29 is 13.8 Å². The number of benzene rings is 2. The van der Waals surface area contributed by atoms with Crippen LogP contribution in [0.15, 0.2) is 48.5 Å². The molecule has 0 amide bonds. The van der Waals surface area contributed by atoms with Crippen molar-refractivity contribution >= 4 is 13.2 Å². The molecule has 2 aromatic carbocycles. The second kappa shape index (κ2) is 8.79. The lowest BCUT2D eigenvalue weighted by Crippen LogP contribution is -2.02. The molecule has 0 spiro atoms. The third kappa shape index (κ3) is 5.93. The van der Waals surface area contributed by atoms with Gasteiger partial charge in [-0.15, -0.1) is 0 Å². The zero-order valence-corrected chi connectivity index (χ0v) is 15.5. The molecule has 0 saturated heterocycles. The van der Waals surface area contributed by atoms with E-state index in [0.717, 1.165) is 30.7 Å². The third-order valence-electron chi connectivity index (χ3n) is 3.56. The van der Waals surface area contributed by atoms with E-state index in [2.05, 4.69) is 18.9 Å². The van der Waals surface area contributed by atoms with Gasteiger partial charge in [0.1, 0.15) is 11.5 Å². The number of aryl methyl sites for hydroxylation is 1. The predicted molar refractivity (Wildman–Crippen MR) is 100 cm³/mol. The normalized spacial score (nSPS) is 13.1. The van der Waals surface area contributed by atoms with Gasteiger partial charge in [-0.1, -0.05) is 32.4 Å². The summed E-state index contributed by atoms with van der Waals surface area (Å²) in [5.41, 5.74) is 1.97. The molecule has 2 aromatic rings. The van der Waals surface area contributed by atoms with E-state index in [4.69, 9.17) is 9.26 Å². The molecule has 0 saturated carbocycles. The molecule has 0 aliphatic carbocycles. The monoisotopic (exact) mass is 347 g/mol. The number of rotatable bonds is 9. The summed E-state index contributed by atoms with van der Waals surface area (Å²) in [5.74, 6) is 1.42. The van der Waals surface area contributed by atoms with Crippen LogP contribution in [-0.2, 0) is 11.0 Å². The molecule has 0 heterocycles. The van der Waals surface area contributed by atoms with Crippen LogP contribution < -0.4 is 14.3 Å². The quantitative estimate of drug-likeness (QED) is 0.464. The standard InChI is InChI=1S/C19H26NO3P/c1-4-6-15-22-18-13-9-17(10-14-18)20-24(3,21)23-19-11-7-16(5-2)8-12-19/h7-14H,4-6,15H2,1-3H3,(H,20,21). The molecule has 0 aromatic heterocycles. The maximum absolute atomic E-state index is 12.6. The average Bonchev–Trinajstić information content (AvgIpc) is 2.57. The topological polar surface area (TPSA) is 47.6 Å². The molecule has 0 radical (unpaired) electrons. The van der Waals surface area contributed by atoms with Crippen molar-refractivity contribution in [1.82, 2.24) is 0 Å². The second-order valence-electron chi connectivity index (χ2n) is 5.77. The fraction of sp³-hybridized carbons (Fsp3) is 0.368. The van der Waals surface area contributed by atoms with Crippen LogP contribution in [0.3, 0.4) is 0 Å². The lowest BCUT2D eigenvalue weighted by Gasteiger charge is -2.18. The third-order valence-corrected chi connectivity index (χ3v) is 4.79. The number of hydrogen-bond donors (Lipinski definition) is 1. The van der Waals surface area contributed by atoms with Crippen LogP contribution in [0.25, 0.3) is 0 Å². The number of anilines is 1. The van der Waals surface area contributed by atoms with E-state index >= 15 is 0 Å². The number of hydrogen-bond acceptors (Lipinski definition) is 3. The Bertz CT molecular complexity index is 668. The van der Waals surface area contributed by atoms with Gasteiger partial charge in [0.25, 0.3) is 0 Å². The molecule has 0 aliphatic heterocycles. The Balaban J connectivity index is 1.93. The summed E-state index contributed by atoms with van der Waals surface area (Å²) in [7, 11) is -2.99. The summed E-state index contributed by atoms with van der Waals surface area (Å²) in [6.07, 6.45) is 3.11. The highest BCUT2D eigenvalue weighted by Gasteiger charge is 2.17. The van der Waals surface area contributed by atoms with Gasteiger partial charge in [0.05, 0.1) is 6.61 Å². The first kappa shape index (κ1) is 18.4. The van der Waals surface area contributed by atoms with Crippen LogP contribution in [-0.4, -0.2) is 13.3 Å². The summed E-state index contributed by atoms with van der Waals surface area (Å²) < 4.78 is 23.9. The van der Waals surface area contributed by atoms with Gasteiger partial charge in [-0.25, -0.2) is 0 Å². The van der Waals surface area contributed by atoms with Crippen molar-refractivity contribution in [1.29, 1.82) is 0 Å². The number of ether oxygens (including phenoxy) is 1. The lowest BCUT2D eigenvalue weighted by atomic mass is 10.2. The molecule has 0 bridgehead atoms. The van der Waals surface area contributed by atoms with Crippen molar-refractivity contribution in [3.8, 4) is 11.5 Å². The summed E-state index contributed by atoms with van der Waals surface area (Å²) in [6.45, 7) is 6.52. The first-order valence-electron chi connectivity index (χ1n) is 8.39. The van der Waals surface area contributed by atoms with E-state index in [1.807, 2.05) is 48.5 Å². The molecule has 24 heavy (non-hydrogen) atoms. The SMILES string of the molecule is CCCCOc1ccc(NP(C)(=O)Oc2ccc(CC)cc2)cc1. The van der Waals surface area contributed by atoms with Crippen LogP contribution in [0.1, 0.15) is 32.3 Å². The van der Waals surface area contributed by atoms with Crippen molar-refractivity contribution in [3.63, 3.8) is 0 Å². The van der Waals surface area contributed by atoms with Crippen molar-refractivity contribution in [3.05, 3.63) is 54.1 Å². The van der Waals surface area contributed by atoms with Gasteiger partial charge in [-0.05, 0) is 54.8 Å². The summed E-state index contributed by atoms with van der Waals surface area (Å²) >= 11 is 0. The molecule has 1 N–H and O–H groups in total. The maximum Gasteiger partial charge on any atom is 0.338 e. The van der Waals surface area contributed by atoms with Gasteiger partial charge in [0.15, 0.2) is 0 Å². The van der Waals surface area contributed by atoms with Crippen LogP contribution in [0.5, 0.6) is 11.5 Å². The Labute approximate surface area is 144 Å². The minimum Gasteiger partial charge on any atom is -0.494 e. The van der Waals surface area contributed by atoms with Gasteiger partial charge < -0.3 is 14.3 Å². The van der Waals surface area contributed by atoms with E-state index in [9.17, 15) is 4.57 Å². The molecule has 5 heteroatoms. The minimum absolute atomic E-state index is 0.602. The van der Waals surface area contributed by atoms with Gasteiger partial charge in [-0.2, -0.15) is 0 Å². The smallest absolute Gasteiger partial charge is 0.338 e. The van der Waals surface area contributed by atoms with Gasteiger partial charge in [-0.3, -0.25) is 4.57 Å². The Morgan fingerprint density at radius 3 is 2.17 bits per heavy atom. The molecule has 1 unspecified atom stereocenters. The first-order chi connectivity index (χ1) is 11.5. The van der Waals surface area contributed by atoms with E-state index in [1.54, 1.807) is 6.66 Å². The molecule has 0 aliphatic rings. The molecule has 0 fully saturated rings. The second-order valence-corrected chi connectivity index (χ2v) is 7.87. The van der Waals surface area contributed by atoms with Crippen molar-refractivity contribution in [2.75, 3.05) is 18.4 Å². The summed E-state index contributed by atoms with van der Waals surface area (Å²) in [5, 5.41) is 2.97. The maximum atomic E-state index is 12.6. The van der Waals surface area contributed by atoms with Crippen LogP contribution in [0.4, 0.5) is 5.69 Å². The highest BCUT2D eigenvalue weighted by molar-refractivity contribution is 7.60. The predicted octanol–water partition coefficient (Wildman–Crippen LogP) is 5.74. The Kier molecular flexibility index (Phi) is 6.74. The highest BCUT2D eigenvalue weighted by atomic mass is 31.2. The van der Waals surface area contributed by atoms with Gasteiger partial charge in [0.2, 0.25) is 0 Å². The zero-order valence-electron chi connectivity index (χ0n) is 14.6. The summed E-state index contributed by atoms with van der Waals surface area (Å²) in [6, 6.07) is 15.1. The van der Waals surface area contributed by atoms with Crippen LogP contribution in [0.2, 0.25) is 0 Å². The van der Waals surface area contributed by atoms with Crippen molar-refractivity contribution in [2.24, 2.45) is 0 Å². The van der Waals surface area contributed by atoms with Crippen molar-refractivity contribution in [2.45, 2.75) is 33.1 Å². The Hall–Kier alpha value is -1.93. The molecule has 1 atom stereocenters. The van der Waals surface area contributed by atoms with E-state index in [0.29, 0.717) is 12.4 Å². The largest absolute Gasteiger partial charge is 0.494 e. The van der Waals surface area contributed by atoms with E-state index in [-0.39, 0.29) is 0 Å². The Morgan fingerprint density at radius 1 is 0.958 bits per heavy atom. The molecular weight excluding hydrogens is 321 g/mol.